The molecule has 3 aromatic rings. The molecule has 0 aliphatic rings. The van der Waals surface area contributed by atoms with Gasteiger partial charge in [0.1, 0.15) is 0 Å². The third-order valence-electron chi connectivity index (χ3n) is 4.22. The summed E-state index contributed by atoms with van der Waals surface area (Å²) >= 11 is 0. The van der Waals surface area contributed by atoms with Crippen molar-refractivity contribution in [2.45, 2.75) is 13.3 Å². The molecular formula is C20H20N4O3. The summed E-state index contributed by atoms with van der Waals surface area (Å²) in [4.78, 5) is 40.5. The molecule has 7 nitrogen and oxygen atoms in total. The molecular weight excluding hydrogens is 344 g/mol. The van der Waals surface area contributed by atoms with E-state index in [1.807, 2.05) is 30.5 Å². The van der Waals surface area contributed by atoms with Crippen molar-refractivity contribution in [2.24, 2.45) is 0 Å². The van der Waals surface area contributed by atoms with Gasteiger partial charge in [0.05, 0.1) is 5.69 Å². The lowest BCUT2D eigenvalue weighted by atomic mass is 10.1. The first-order valence-corrected chi connectivity index (χ1v) is 8.51. The van der Waals surface area contributed by atoms with Crippen molar-refractivity contribution < 1.29 is 14.4 Å². The molecule has 0 unspecified atom stereocenters. The standard InChI is InChI=1S/C20H20N4O3/c1-13(25)24(16-8-6-15(21)7-9-16)20(27)19(26)22-11-10-14-12-23-18-5-3-2-4-17(14)18/h2-9,12,23H,10-11,21H2,1H3,(H,22,26). The highest BCUT2D eigenvalue weighted by molar-refractivity contribution is 6.45. The van der Waals surface area contributed by atoms with Gasteiger partial charge in [0, 0.05) is 36.3 Å². The number of amides is 3. The number of carbonyl (C=O) groups is 3. The predicted octanol–water partition coefficient (Wildman–Crippen LogP) is 1.99. The Labute approximate surface area is 156 Å². The Morgan fingerprint density at radius 3 is 2.48 bits per heavy atom. The molecule has 7 heteroatoms. The van der Waals surface area contributed by atoms with E-state index in [0.717, 1.165) is 21.4 Å². The summed E-state index contributed by atoms with van der Waals surface area (Å²) in [6, 6.07) is 14.0. The Hall–Kier alpha value is -3.61. The molecule has 3 rings (SSSR count). The summed E-state index contributed by atoms with van der Waals surface area (Å²) in [5.74, 6) is -2.30. The van der Waals surface area contributed by atoms with E-state index in [0.29, 0.717) is 17.8 Å². The van der Waals surface area contributed by atoms with Crippen LogP contribution in [0.4, 0.5) is 11.4 Å². The minimum Gasteiger partial charge on any atom is -0.399 e. The zero-order chi connectivity index (χ0) is 19.4. The zero-order valence-electron chi connectivity index (χ0n) is 14.9. The summed E-state index contributed by atoms with van der Waals surface area (Å²) in [6.45, 7) is 1.51. The van der Waals surface area contributed by atoms with E-state index in [4.69, 9.17) is 5.73 Å². The minimum atomic E-state index is -0.925. The number of anilines is 2. The lowest BCUT2D eigenvalue weighted by Crippen LogP contribution is -2.45. The lowest BCUT2D eigenvalue weighted by Gasteiger charge is -2.18. The summed E-state index contributed by atoms with van der Waals surface area (Å²) in [6.07, 6.45) is 2.44. The first-order chi connectivity index (χ1) is 13.0. The fraction of sp³-hybridized carbons (Fsp3) is 0.150. The van der Waals surface area contributed by atoms with Crippen LogP contribution >= 0.6 is 0 Å². The van der Waals surface area contributed by atoms with E-state index < -0.39 is 17.7 Å². The Bertz CT molecular complexity index is 992. The Balaban J connectivity index is 1.64. The summed E-state index contributed by atoms with van der Waals surface area (Å²) in [7, 11) is 0. The summed E-state index contributed by atoms with van der Waals surface area (Å²) in [5.41, 5.74) is 8.47. The number of benzene rings is 2. The first kappa shape index (κ1) is 18.2. The number of para-hydroxylation sites is 1. The highest BCUT2D eigenvalue weighted by Crippen LogP contribution is 2.18. The van der Waals surface area contributed by atoms with Crippen LogP contribution in [0.5, 0.6) is 0 Å². The van der Waals surface area contributed by atoms with Gasteiger partial charge < -0.3 is 16.0 Å². The smallest absolute Gasteiger partial charge is 0.323 e. The topological polar surface area (TPSA) is 108 Å². The molecule has 0 spiro atoms. The average Bonchev–Trinajstić information content (AvgIpc) is 3.06. The number of nitrogens with one attached hydrogen (secondary N) is 2. The number of nitrogens with zero attached hydrogens (tertiary/aromatic N) is 1. The molecule has 0 bridgehead atoms. The number of carbonyl (C=O) groups excluding carboxylic acids is 3. The third-order valence-corrected chi connectivity index (χ3v) is 4.22. The molecule has 0 aliphatic heterocycles. The molecule has 138 valence electrons. The second kappa shape index (κ2) is 7.74. The number of aromatic nitrogens is 1. The predicted molar refractivity (Wildman–Crippen MR) is 104 cm³/mol. The van der Waals surface area contributed by atoms with Crippen LogP contribution in [0.2, 0.25) is 0 Å². The second-order valence-electron chi connectivity index (χ2n) is 6.12. The van der Waals surface area contributed by atoms with Crippen LogP contribution in [0.1, 0.15) is 12.5 Å². The van der Waals surface area contributed by atoms with Crippen molar-refractivity contribution in [3.63, 3.8) is 0 Å². The molecule has 0 fully saturated rings. The Kier molecular flexibility index (Phi) is 5.21. The van der Waals surface area contributed by atoms with Gasteiger partial charge in [0.2, 0.25) is 5.91 Å². The molecule has 1 heterocycles. The van der Waals surface area contributed by atoms with Crippen LogP contribution < -0.4 is 16.0 Å². The number of imide groups is 1. The number of hydrogen-bond donors (Lipinski definition) is 3. The number of nitrogen functional groups attached to an aromatic ring is 1. The van der Waals surface area contributed by atoms with Crippen LogP contribution in [0.15, 0.2) is 54.7 Å². The number of fused-ring (bicyclic) bond motifs is 1. The molecule has 27 heavy (non-hydrogen) atoms. The molecule has 0 saturated heterocycles. The van der Waals surface area contributed by atoms with Crippen molar-refractivity contribution in [1.29, 1.82) is 0 Å². The molecule has 1 aromatic heterocycles. The highest BCUT2D eigenvalue weighted by Gasteiger charge is 2.26. The van der Waals surface area contributed by atoms with Crippen LogP contribution in [-0.4, -0.2) is 29.3 Å². The molecule has 3 amide bonds. The monoisotopic (exact) mass is 364 g/mol. The second-order valence-corrected chi connectivity index (χ2v) is 6.12. The minimum absolute atomic E-state index is 0.278. The van der Waals surface area contributed by atoms with Crippen LogP contribution in [-0.2, 0) is 20.8 Å². The highest BCUT2D eigenvalue weighted by atomic mass is 16.2. The maximum atomic E-state index is 12.4. The SMILES string of the molecule is CC(=O)N(C(=O)C(=O)NCCc1c[nH]c2ccccc12)c1ccc(N)cc1. The molecule has 0 aliphatic carbocycles. The number of H-pyrrole nitrogens is 1. The first-order valence-electron chi connectivity index (χ1n) is 8.51. The van der Waals surface area contributed by atoms with Gasteiger partial charge in [-0.25, -0.2) is 4.90 Å². The number of nitrogens with two attached hydrogens (primary N) is 1. The third kappa shape index (κ3) is 3.98. The van der Waals surface area contributed by atoms with E-state index in [-0.39, 0.29) is 6.54 Å². The van der Waals surface area contributed by atoms with Crippen molar-refractivity contribution in [3.05, 3.63) is 60.3 Å². The molecule has 0 saturated carbocycles. The van der Waals surface area contributed by atoms with Gasteiger partial charge >= 0.3 is 11.8 Å². The zero-order valence-corrected chi connectivity index (χ0v) is 14.9. The molecule has 4 N–H and O–H groups in total. The van der Waals surface area contributed by atoms with Crippen molar-refractivity contribution in [2.75, 3.05) is 17.2 Å². The van der Waals surface area contributed by atoms with Crippen LogP contribution in [0.3, 0.4) is 0 Å². The normalized spacial score (nSPS) is 10.6. The van der Waals surface area contributed by atoms with Crippen LogP contribution in [0.25, 0.3) is 10.9 Å². The fourth-order valence-electron chi connectivity index (χ4n) is 2.89. The number of hydrogen-bond acceptors (Lipinski definition) is 4. The maximum Gasteiger partial charge on any atom is 0.323 e. The molecule has 2 aromatic carbocycles. The molecule has 0 atom stereocenters. The average molecular weight is 364 g/mol. The quantitative estimate of drug-likeness (QED) is 0.486. The van der Waals surface area contributed by atoms with Gasteiger partial charge in [0.15, 0.2) is 0 Å². The van der Waals surface area contributed by atoms with E-state index >= 15 is 0 Å². The van der Waals surface area contributed by atoms with Gasteiger partial charge in [-0.05, 0) is 42.3 Å². The fourth-order valence-corrected chi connectivity index (χ4v) is 2.89. The van der Waals surface area contributed by atoms with E-state index in [1.54, 1.807) is 12.1 Å². The van der Waals surface area contributed by atoms with E-state index in [9.17, 15) is 14.4 Å². The van der Waals surface area contributed by atoms with Gasteiger partial charge in [-0.1, -0.05) is 18.2 Å². The van der Waals surface area contributed by atoms with Crippen molar-refractivity contribution in [3.8, 4) is 0 Å². The van der Waals surface area contributed by atoms with Gasteiger partial charge in [-0.3, -0.25) is 14.4 Å². The maximum absolute atomic E-state index is 12.4. The van der Waals surface area contributed by atoms with Gasteiger partial charge in [-0.2, -0.15) is 0 Å². The van der Waals surface area contributed by atoms with Crippen molar-refractivity contribution >= 4 is 40.0 Å². The Morgan fingerprint density at radius 1 is 1.07 bits per heavy atom. The number of aromatic amines is 1. The Morgan fingerprint density at radius 2 is 1.78 bits per heavy atom. The van der Waals surface area contributed by atoms with Crippen LogP contribution in [0, 0.1) is 0 Å². The van der Waals surface area contributed by atoms with Gasteiger partial charge in [-0.15, -0.1) is 0 Å². The lowest BCUT2D eigenvalue weighted by molar-refractivity contribution is -0.139. The molecule has 0 radical (unpaired) electrons. The van der Waals surface area contributed by atoms with E-state index in [2.05, 4.69) is 10.3 Å². The van der Waals surface area contributed by atoms with Crippen molar-refractivity contribution in [1.82, 2.24) is 10.3 Å². The summed E-state index contributed by atoms with van der Waals surface area (Å²) < 4.78 is 0. The largest absolute Gasteiger partial charge is 0.399 e. The number of rotatable bonds is 4. The summed E-state index contributed by atoms with van der Waals surface area (Å²) in [5, 5.41) is 3.66. The van der Waals surface area contributed by atoms with Gasteiger partial charge in [0.25, 0.3) is 0 Å². The van der Waals surface area contributed by atoms with E-state index in [1.165, 1.54) is 19.1 Å².